The number of nitrogens with zero attached hydrogens (tertiary/aromatic N) is 3. The van der Waals surface area contributed by atoms with Gasteiger partial charge in [0, 0.05) is 17.1 Å². The SMILES string of the molecule is CCCCN(C(=O)c1ccc(C(C)(C)C)cc1)C(C)c1nc2ccccc2c(=O)n1-c1ccc(Cl)cc1C. The Kier molecular flexibility index (Phi) is 8.08. The second kappa shape index (κ2) is 11.1. The van der Waals surface area contributed by atoms with E-state index >= 15 is 0 Å². The molecule has 6 heteroatoms. The van der Waals surface area contributed by atoms with E-state index in [0.717, 1.165) is 18.4 Å². The van der Waals surface area contributed by atoms with Crippen molar-refractivity contribution in [1.29, 1.82) is 0 Å². The summed E-state index contributed by atoms with van der Waals surface area (Å²) < 4.78 is 1.65. The first-order valence-electron chi connectivity index (χ1n) is 13.2. The van der Waals surface area contributed by atoms with Gasteiger partial charge in [-0.15, -0.1) is 0 Å². The van der Waals surface area contributed by atoms with Crippen molar-refractivity contribution in [1.82, 2.24) is 14.5 Å². The molecule has 5 nitrogen and oxygen atoms in total. The Morgan fingerprint density at radius 3 is 2.37 bits per heavy atom. The number of aromatic nitrogens is 2. The summed E-state index contributed by atoms with van der Waals surface area (Å²) in [7, 11) is 0. The third-order valence-corrected chi connectivity index (χ3v) is 7.29. The minimum Gasteiger partial charge on any atom is -0.329 e. The Morgan fingerprint density at radius 2 is 1.74 bits per heavy atom. The largest absolute Gasteiger partial charge is 0.329 e. The van der Waals surface area contributed by atoms with Crippen LogP contribution < -0.4 is 5.56 Å². The molecule has 0 N–H and O–H groups in total. The molecular formula is C32H36ClN3O2. The highest BCUT2D eigenvalue weighted by atomic mass is 35.5. The van der Waals surface area contributed by atoms with Crippen molar-refractivity contribution in [2.75, 3.05) is 6.54 Å². The molecule has 0 saturated carbocycles. The molecule has 1 atom stereocenters. The molecule has 0 saturated heterocycles. The lowest BCUT2D eigenvalue weighted by molar-refractivity contribution is 0.0678. The first kappa shape index (κ1) is 27.6. The number of carbonyl (C=O) groups excluding carboxylic acids is 1. The van der Waals surface area contributed by atoms with Crippen molar-refractivity contribution in [3.05, 3.63) is 105 Å². The maximum absolute atomic E-state index is 13.9. The van der Waals surface area contributed by atoms with Gasteiger partial charge in [-0.05, 0) is 79.3 Å². The van der Waals surface area contributed by atoms with Gasteiger partial charge in [-0.2, -0.15) is 0 Å². The van der Waals surface area contributed by atoms with Crippen LogP contribution in [0.3, 0.4) is 0 Å². The third kappa shape index (κ3) is 5.53. The van der Waals surface area contributed by atoms with Gasteiger partial charge in [0.2, 0.25) is 0 Å². The van der Waals surface area contributed by atoms with Crippen molar-refractivity contribution < 1.29 is 4.79 Å². The van der Waals surface area contributed by atoms with Crippen LogP contribution in [0.5, 0.6) is 0 Å². The fraction of sp³-hybridized carbons (Fsp3) is 0.344. The molecule has 4 rings (SSSR count). The summed E-state index contributed by atoms with van der Waals surface area (Å²) in [4.78, 5) is 34.6. The molecule has 0 aliphatic heterocycles. The van der Waals surface area contributed by atoms with E-state index in [9.17, 15) is 9.59 Å². The van der Waals surface area contributed by atoms with Crippen LogP contribution in [-0.4, -0.2) is 26.9 Å². The van der Waals surface area contributed by atoms with Gasteiger partial charge >= 0.3 is 0 Å². The zero-order valence-electron chi connectivity index (χ0n) is 23.1. The van der Waals surface area contributed by atoms with E-state index in [1.165, 1.54) is 5.56 Å². The number of amides is 1. The van der Waals surface area contributed by atoms with Gasteiger partial charge in [0.15, 0.2) is 0 Å². The quantitative estimate of drug-likeness (QED) is 0.247. The Hall–Kier alpha value is -3.44. The summed E-state index contributed by atoms with van der Waals surface area (Å²) in [5, 5.41) is 1.13. The van der Waals surface area contributed by atoms with Crippen LogP contribution in [0.2, 0.25) is 5.02 Å². The zero-order valence-corrected chi connectivity index (χ0v) is 23.8. The molecular weight excluding hydrogens is 494 g/mol. The molecule has 1 heterocycles. The standard InChI is InChI=1S/C32H36ClN3O2/c1-7-8-19-35(30(37)23-13-15-24(16-14-23)32(4,5)6)22(3)29-34-27-12-10-9-11-26(27)31(38)36(29)28-18-17-25(33)20-21(28)2/h9-18,20,22H,7-8,19H2,1-6H3. The van der Waals surface area contributed by atoms with Crippen molar-refractivity contribution in [3.8, 4) is 5.69 Å². The number of aryl methyl sites for hydroxylation is 1. The molecule has 1 unspecified atom stereocenters. The third-order valence-electron chi connectivity index (χ3n) is 7.05. The van der Waals surface area contributed by atoms with Crippen LogP contribution in [0.25, 0.3) is 16.6 Å². The van der Waals surface area contributed by atoms with Gasteiger partial charge in [0.25, 0.3) is 11.5 Å². The number of halogens is 1. The molecule has 1 amide bonds. The van der Waals surface area contributed by atoms with E-state index in [1.54, 1.807) is 16.7 Å². The number of para-hydroxylation sites is 1. The maximum Gasteiger partial charge on any atom is 0.266 e. The van der Waals surface area contributed by atoms with E-state index < -0.39 is 6.04 Å². The maximum atomic E-state index is 13.9. The molecule has 0 bridgehead atoms. The number of rotatable bonds is 7. The lowest BCUT2D eigenvalue weighted by Crippen LogP contribution is -2.38. The molecule has 198 valence electrons. The Morgan fingerprint density at radius 1 is 1.05 bits per heavy atom. The van der Waals surface area contributed by atoms with E-state index in [4.69, 9.17) is 16.6 Å². The molecule has 0 radical (unpaired) electrons. The highest BCUT2D eigenvalue weighted by Gasteiger charge is 2.28. The number of unbranched alkanes of at least 4 members (excludes halogenated alkanes) is 1. The predicted molar refractivity (Wildman–Crippen MR) is 157 cm³/mol. The summed E-state index contributed by atoms with van der Waals surface area (Å²) in [5.41, 5.74) is 3.80. The molecule has 0 spiro atoms. The molecule has 3 aromatic carbocycles. The van der Waals surface area contributed by atoms with Crippen molar-refractivity contribution in [2.24, 2.45) is 0 Å². The van der Waals surface area contributed by atoms with Crippen molar-refractivity contribution >= 4 is 28.4 Å². The van der Waals surface area contributed by atoms with Crippen LogP contribution in [0.15, 0.2) is 71.5 Å². The fourth-order valence-electron chi connectivity index (χ4n) is 4.75. The first-order chi connectivity index (χ1) is 18.0. The number of benzene rings is 3. The van der Waals surface area contributed by atoms with Gasteiger partial charge < -0.3 is 4.90 Å². The molecule has 0 fully saturated rings. The average molecular weight is 530 g/mol. The van der Waals surface area contributed by atoms with E-state index in [1.807, 2.05) is 73.3 Å². The molecule has 0 aliphatic carbocycles. The van der Waals surface area contributed by atoms with Gasteiger partial charge in [-0.25, -0.2) is 4.98 Å². The van der Waals surface area contributed by atoms with Gasteiger partial charge in [-0.3, -0.25) is 14.2 Å². The lowest BCUT2D eigenvalue weighted by Gasteiger charge is -2.31. The van der Waals surface area contributed by atoms with Crippen molar-refractivity contribution in [2.45, 2.75) is 65.8 Å². The monoisotopic (exact) mass is 529 g/mol. The molecule has 38 heavy (non-hydrogen) atoms. The summed E-state index contributed by atoms with van der Waals surface area (Å²) in [6, 6.07) is 20.2. The Labute approximate surface area is 230 Å². The highest BCUT2D eigenvalue weighted by molar-refractivity contribution is 6.30. The van der Waals surface area contributed by atoms with Crippen LogP contribution in [-0.2, 0) is 5.41 Å². The molecule has 0 aliphatic rings. The average Bonchev–Trinajstić information content (AvgIpc) is 2.89. The van der Waals surface area contributed by atoms with Gasteiger partial charge in [0.05, 0.1) is 22.6 Å². The number of hydrogen-bond donors (Lipinski definition) is 0. The summed E-state index contributed by atoms with van der Waals surface area (Å²) in [5.74, 6) is 0.447. The second-order valence-electron chi connectivity index (χ2n) is 10.9. The van der Waals surface area contributed by atoms with Crippen molar-refractivity contribution in [3.63, 3.8) is 0 Å². The van der Waals surface area contributed by atoms with Crippen LogP contribution in [0.1, 0.15) is 80.8 Å². The minimum absolute atomic E-state index is 0.00170. The Bertz CT molecular complexity index is 1520. The number of hydrogen-bond acceptors (Lipinski definition) is 3. The number of carbonyl (C=O) groups is 1. The normalized spacial score (nSPS) is 12.5. The van der Waals surface area contributed by atoms with Crippen LogP contribution in [0, 0.1) is 6.92 Å². The predicted octanol–water partition coefficient (Wildman–Crippen LogP) is 7.65. The molecule has 4 aromatic rings. The van der Waals surface area contributed by atoms with E-state index in [2.05, 4.69) is 27.7 Å². The Balaban J connectivity index is 1.87. The summed E-state index contributed by atoms with van der Waals surface area (Å²) in [6.07, 6.45) is 1.78. The van der Waals surface area contributed by atoms with Gasteiger partial charge in [0.1, 0.15) is 5.82 Å². The highest BCUT2D eigenvalue weighted by Crippen LogP contribution is 2.28. The van der Waals surface area contributed by atoms with Gasteiger partial charge in [-0.1, -0.05) is 70.0 Å². The summed E-state index contributed by atoms with van der Waals surface area (Å²) >= 11 is 6.24. The van der Waals surface area contributed by atoms with Crippen LogP contribution >= 0.6 is 11.6 Å². The van der Waals surface area contributed by atoms with E-state index in [-0.39, 0.29) is 16.9 Å². The fourth-order valence-corrected chi connectivity index (χ4v) is 4.98. The van der Waals surface area contributed by atoms with E-state index in [0.29, 0.717) is 39.5 Å². The minimum atomic E-state index is -0.455. The van der Waals surface area contributed by atoms with Crippen LogP contribution in [0.4, 0.5) is 0 Å². The smallest absolute Gasteiger partial charge is 0.266 e. The summed E-state index contributed by atoms with van der Waals surface area (Å²) in [6.45, 7) is 13.0. The topological polar surface area (TPSA) is 55.2 Å². The zero-order chi connectivity index (χ0) is 27.6. The second-order valence-corrected chi connectivity index (χ2v) is 11.4. The number of fused-ring (bicyclic) bond motifs is 1. The first-order valence-corrected chi connectivity index (χ1v) is 13.6. The lowest BCUT2D eigenvalue weighted by atomic mass is 9.86. The molecule has 1 aromatic heterocycles.